The van der Waals surface area contributed by atoms with Gasteiger partial charge in [0.1, 0.15) is 5.82 Å². The zero-order chi connectivity index (χ0) is 13.1. The lowest BCUT2D eigenvalue weighted by Crippen LogP contribution is -2.37. The number of hydrogen-bond donors (Lipinski definition) is 1. The average molecular weight is 250 g/mol. The summed E-state index contributed by atoms with van der Waals surface area (Å²) in [6, 6.07) is 6.71. The molecule has 1 aliphatic carbocycles. The van der Waals surface area contributed by atoms with Crippen molar-refractivity contribution in [2.75, 3.05) is 13.6 Å². The van der Waals surface area contributed by atoms with Gasteiger partial charge >= 0.3 is 0 Å². The van der Waals surface area contributed by atoms with Gasteiger partial charge in [0.05, 0.1) is 12.6 Å². The molecule has 0 saturated heterocycles. The summed E-state index contributed by atoms with van der Waals surface area (Å²) in [5, 5.41) is 2.93. The first kappa shape index (κ1) is 13.0. The number of benzene rings is 1. The summed E-state index contributed by atoms with van der Waals surface area (Å²) >= 11 is 0. The molecule has 98 valence electrons. The van der Waals surface area contributed by atoms with Crippen LogP contribution in [0.5, 0.6) is 0 Å². The minimum absolute atomic E-state index is 0.0150. The smallest absolute Gasteiger partial charge is 0.234 e. The standard InChI is InChI=1S/C14H19FN2O/c1-10(11-3-5-12(15)6-4-11)16-14(18)9-17(2)13-7-8-13/h3-6,10,13H,7-9H2,1-2H3,(H,16,18). The van der Waals surface area contributed by atoms with Crippen LogP contribution in [0.15, 0.2) is 24.3 Å². The zero-order valence-electron chi connectivity index (χ0n) is 10.8. The molecule has 0 heterocycles. The van der Waals surface area contributed by atoms with Crippen LogP contribution in [0.25, 0.3) is 0 Å². The molecule has 1 aliphatic rings. The van der Waals surface area contributed by atoms with Crippen LogP contribution in [0, 0.1) is 5.82 Å². The Morgan fingerprint density at radius 2 is 2.06 bits per heavy atom. The van der Waals surface area contributed by atoms with Crippen LogP contribution in [0.4, 0.5) is 4.39 Å². The van der Waals surface area contributed by atoms with Crippen LogP contribution in [-0.2, 0) is 4.79 Å². The Labute approximate surface area is 107 Å². The van der Waals surface area contributed by atoms with Gasteiger partial charge in [-0.15, -0.1) is 0 Å². The van der Waals surface area contributed by atoms with E-state index in [-0.39, 0.29) is 17.8 Å². The third-order valence-electron chi connectivity index (χ3n) is 3.31. The number of likely N-dealkylation sites (N-methyl/N-ethyl adjacent to an activating group) is 1. The first-order valence-corrected chi connectivity index (χ1v) is 6.31. The van der Waals surface area contributed by atoms with Crippen molar-refractivity contribution in [1.82, 2.24) is 10.2 Å². The molecule has 1 aromatic rings. The van der Waals surface area contributed by atoms with Gasteiger partial charge in [0, 0.05) is 6.04 Å². The summed E-state index contributed by atoms with van der Waals surface area (Å²) in [5.74, 6) is -0.244. The second-order valence-corrected chi connectivity index (χ2v) is 4.99. The summed E-state index contributed by atoms with van der Waals surface area (Å²) in [6.07, 6.45) is 2.38. The molecule has 2 rings (SSSR count). The number of hydrogen-bond acceptors (Lipinski definition) is 2. The lowest BCUT2D eigenvalue weighted by Gasteiger charge is -2.18. The van der Waals surface area contributed by atoms with Crippen LogP contribution in [0.3, 0.4) is 0 Å². The number of nitrogens with one attached hydrogen (secondary N) is 1. The number of nitrogens with zero attached hydrogens (tertiary/aromatic N) is 1. The Kier molecular flexibility index (Phi) is 3.97. The number of carbonyl (C=O) groups is 1. The quantitative estimate of drug-likeness (QED) is 0.868. The second kappa shape index (κ2) is 5.48. The van der Waals surface area contributed by atoms with E-state index < -0.39 is 0 Å². The molecule has 0 spiro atoms. The van der Waals surface area contributed by atoms with Crippen molar-refractivity contribution >= 4 is 5.91 Å². The molecule has 0 aliphatic heterocycles. The van der Waals surface area contributed by atoms with E-state index in [1.54, 1.807) is 12.1 Å². The molecule has 1 fully saturated rings. The van der Waals surface area contributed by atoms with Crippen molar-refractivity contribution in [2.24, 2.45) is 0 Å². The average Bonchev–Trinajstić information content (AvgIpc) is 3.13. The predicted molar refractivity (Wildman–Crippen MR) is 68.6 cm³/mol. The molecule has 1 atom stereocenters. The highest BCUT2D eigenvalue weighted by molar-refractivity contribution is 5.78. The van der Waals surface area contributed by atoms with Crippen molar-refractivity contribution in [3.8, 4) is 0 Å². The molecule has 1 aromatic carbocycles. The third-order valence-corrected chi connectivity index (χ3v) is 3.31. The van der Waals surface area contributed by atoms with Crippen molar-refractivity contribution in [2.45, 2.75) is 31.8 Å². The van der Waals surface area contributed by atoms with E-state index in [9.17, 15) is 9.18 Å². The molecule has 4 heteroatoms. The highest BCUT2D eigenvalue weighted by Crippen LogP contribution is 2.24. The Bertz CT molecular complexity index is 414. The third kappa shape index (κ3) is 3.53. The first-order chi connectivity index (χ1) is 8.56. The van der Waals surface area contributed by atoms with E-state index in [0.29, 0.717) is 12.6 Å². The van der Waals surface area contributed by atoms with Gasteiger partial charge in [-0.25, -0.2) is 4.39 Å². The number of rotatable bonds is 5. The summed E-state index contributed by atoms with van der Waals surface area (Å²) in [7, 11) is 1.97. The summed E-state index contributed by atoms with van der Waals surface area (Å²) < 4.78 is 12.8. The normalized spacial score (nSPS) is 16.7. The lowest BCUT2D eigenvalue weighted by molar-refractivity contribution is -0.122. The SMILES string of the molecule is CC(NC(=O)CN(C)C1CC1)c1ccc(F)cc1. The Balaban J connectivity index is 1.84. The van der Waals surface area contributed by atoms with Gasteiger partial charge in [0.25, 0.3) is 0 Å². The zero-order valence-corrected chi connectivity index (χ0v) is 10.8. The van der Waals surface area contributed by atoms with Gasteiger partial charge in [0.15, 0.2) is 0 Å². The fourth-order valence-electron chi connectivity index (χ4n) is 1.99. The maximum absolute atomic E-state index is 12.8. The number of halogens is 1. The minimum atomic E-state index is -0.259. The monoisotopic (exact) mass is 250 g/mol. The largest absolute Gasteiger partial charge is 0.348 e. The highest BCUT2D eigenvalue weighted by atomic mass is 19.1. The minimum Gasteiger partial charge on any atom is -0.348 e. The number of carbonyl (C=O) groups excluding carboxylic acids is 1. The second-order valence-electron chi connectivity index (χ2n) is 4.99. The summed E-state index contributed by atoms with van der Waals surface area (Å²) in [4.78, 5) is 13.9. The fraction of sp³-hybridized carbons (Fsp3) is 0.500. The van der Waals surface area contributed by atoms with Crippen LogP contribution in [0.2, 0.25) is 0 Å². The van der Waals surface area contributed by atoms with Crippen LogP contribution in [-0.4, -0.2) is 30.4 Å². The molecule has 18 heavy (non-hydrogen) atoms. The maximum Gasteiger partial charge on any atom is 0.234 e. The molecular formula is C14H19FN2O. The van der Waals surface area contributed by atoms with Gasteiger partial charge in [-0.3, -0.25) is 9.69 Å². The van der Waals surface area contributed by atoms with E-state index in [4.69, 9.17) is 0 Å². The van der Waals surface area contributed by atoms with E-state index in [2.05, 4.69) is 10.2 Å². The summed E-state index contributed by atoms with van der Waals surface area (Å²) in [6.45, 7) is 2.33. The van der Waals surface area contributed by atoms with Crippen molar-refractivity contribution in [3.05, 3.63) is 35.6 Å². The number of amides is 1. The molecule has 1 unspecified atom stereocenters. The Morgan fingerprint density at radius 3 is 2.61 bits per heavy atom. The molecule has 1 saturated carbocycles. The van der Waals surface area contributed by atoms with Gasteiger partial charge < -0.3 is 5.32 Å². The topological polar surface area (TPSA) is 32.3 Å². The van der Waals surface area contributed by atoms with E-state index in [1.807, 2.05) is 14.0 Å². The van der Waals surface area contributed by atoms with Crippen LogP contribution in [0.1, 0.15) is 31.4 Å². The van der Waals surface area contributed by atoms with Gasteiger partial charge in [-0.1, -0.05) is 12.1 Å². The Morgan fingerprint density at radius 1 is 1.44 bits per heavy atom. The summed E-state index contributed by atoms with van der Waals surface area (Å²) in [5.41, 5.74) is 0.916. The first-order valence-electron chi connectivity index (χ1n) is 6.31. The van der Waals surface area contributed by atoms with Crippen molar-refractivity contribution < 1.29 is 9.18 Å². The van der Waals surface area contributed by atoms with Crippen molar-refractivity contribution in [3.63, 3.8) is 0 Å². The van der Waals surface area contributed by atoms with E-state index in [1.165, 1.54) is 25.0 Å². The molecule has 0 aromatic heterocycles. The molecule has 3 nitrogen and oxygen atoms in total. The van der Waals surface area contributed by atoms with E-state index in [0.717, 1.165) is 5.56 Å². The van der Waals surface area contributed by atoms with Crippen LogP contribution < -0.4 is 5.32 Å². The Hall–Kier alpha value is -1.42. The molecular weight excluding hydrogens is 231 g/mol. The molecule has 0 bridgehead atoms. The van der Waals surface area contributed by atoms with Crippen molar-refractivity contribution in [1.29, 1.82) is 0 Å². The van der Waals surface area contributed by atoms with Gasteiger partial charge in [0.2, 0.25) is 5.91 Å². The highest BCUT2D eigenvalue weighted by Gasteiger charge is 2.27. The lowest BCUT2D eigenvalue weighted by atomic mass is 10.1. The van der Waals surface area contributed by atoms with E-state index >= 15 is 0 Å². The fourth-order valence-corrected chi connectivity index (χ4v) is 1.99. The van der Waals surface area contributed by atoms with Gasteiger partial charge in [-0.2, -0.15) is 0 Å². The predicted octanol–water partition coefficient (Wildman–Crippen LogP) is 2.10. The van der Waals surface area contributed by atoms with Gasteiger partial charge in [-0.05, 0) is 44.5 Å². The molecule has 0 radical (unpaired) electrons. The maximum atomic E-state index is 12.8. The van der Waals surface area contributed by atoms with Crippen LogP contribution >= 0.6 is 0 Å². The molecule has 1 amide bonds. The molecule has 1 N–H and O–H groups in total.